The molecule has 0 spiro atoms. The molecule has 1 heterocycles. The summed E-state index contributed by atoms with van der Waals surface area (Å²) in [6, 6.07) is 5.44. The Morgan fingerprint density at radius 1 is 1.21 bits per heavy atom. The third-order valence-electron chi connectivity index (χ3n) is 4.10. The molecule has 9 nitrogen and oxygen atoms in total. The van der Waals surface area contributed by atoms with Gasteiger partial charge < -0.3 is 4.84 Å². The standard InChI is InChI=1S/C18H24N2O7S/c1-12-5-8-14(9-6-12)28(24,25)27-20-13(11-15(20)21)7-10-16(22)26-19-17(23)18(2,3)4/h5-6,8-9,13H,7,10-11H2,1-4H3,(H,19,23)/t13-/m1/s1. The second kappa shape index (κ2) is 8.27. The molecule has 0 radical (unpaired) electrons. The number of carbonyl (C=O) groups is 3. The average Bonchev–Trinajstić information content (AvgIpc) is 2.60. The van der Waals surface area contributed by atoms with Crippen molar-refractivity contribution in [3.8, 4) is 0 Å². The molecule has 1 aromatic rings. The van der Waals surface area contributed by atoms with Gasteiger partial charge in [0.25, 0.3) is 5.91 Å². The molecular formula is C18H24N2O7S. The second-order valence-corrected chi connectivity index (χ2v) is 9.14. The highest BCUT2D eigenvalue weighted by molar-refractivity contribution is 7.86. The van der Waals surface area contributed by atoms with E-state index in [4.69, 9.17) is 9.12 Å². The van der Waals surface area contributed by atoms with Crippen molar-refractivity contribution >= 4 is 27.9 Å². The monoisotopic (exact) mass is 412 g/mol. The minimum Gasteiger partial charge on any atom is -0.341 e. The molecule has 1 fully saturated rings. The normalized spacial score (nSPS) is 17.1. The summed E-state index contributed by atoms with van der Waals surface area (Å²) < 4.78 is 29.5. The first-order chi connectivity index (χ1) is 12.9. The van der Waals surface area contributed by atoms with Crippen LogP contribution in [0.2, 0.25) is 0 Å². The van der Waals surface area contributed by atoms with Gasteiger partial charge in [0, 0.05) is 5.41 Å². The lowest BCUT2D eigenvalue weighted by molar-refractivity contribution is -0.190. The van der Waals surface area contributed by atoms with Gasteiger partial charge in [0.05, 0.1) is 23.8 Å². The van der Waals surface area contributed by atoms with E-state index >= 15 is 0 Å². The Kier molecular flexibility index (Phi) is 6.45. The number of amides is 2. The molecule has 0 unspecified atom stereocenters. The summed E-state index contributed by atoms with van der Waals surface area (Å²) in [6.07, 6.45) is 0.0806. The predicted octanol–water partition coefficient (Wildman–Crippen LogP) is 1.62. The summed E-state index contributed by atoms with van der Waals surface area (Å²) in [7, 11) is -4.15. The minimum atomic E-state index is -4.15. The van der Waals surface area contributed by atoms with Crippen molar-refractivity contribution in [1.29, 1.82) is 0 Å². The topological polar surface area (TPSA) is 119 Å². The van der Waals surface area contributed by atoms with E-state index < -0.39 is 39.4 Å². The first-order valence-electron chi connectivity index (χ1n) is 8.73. The SMILES string of the molecule is Cc1ccc(S(=O)(=O)ON2C(=O)C[C@H]2CCC(=O)ONC(=O)C(C)(C)C)cc1. The van der Waals surface area contributed by atoms with Crippen LogP contribution >= 0.6 is 0 Å². The molecule has 10 heteroatoms. The number of nitrogens with one attached hydrogen (secondary N) is 1. The molecule has 1 N–H and O–H groups in total. The van der Waals surface area contributed by atoms with E-state index in [2.05, 4.69) is 5.48 Å². The lowest BCUT2D eigenvalue weighted by Crippen LogP contribution is -2.53. The van der Waals surface area contributed by atoms with Crippen molar-refractivity contribution in [1.82, 2.24) is 10.5 Å². The molecule has 1 atom stereocenters. The molecule has 28 heavy (non-hydrogen) atoms. The minimum absolute atomic E-state index is 0.0606. The molecule has 2 amide bonds. The lowest BCUT2D eigenvalue weighted by atomic mass is 9.96. The van der Waals surface area contributed by atoms with Crippen LogP contribution in [0.5, 0.6) is 0 Å². The Bertz CT molecular complexity index is 857. The number of hydroxylamine groups is 3. The molecule has 2 rings (SSSR count). The van der Waals surface area contributed by atoms with Crippen molar-refractivity contribution in [3.63, 3.8) is 0 Å². The summed E-state index contributed by atoms with van der Waals surface area (Å²) in [5.41, 5.74) is 2.24. The van der Waals surface area contributed by atoms with Crippen molar-refractivity contribution in [2.45, 2.75) is 57.9 Å². The third kappa shape index (κ3) is 5.52. The molecule has 1 saturated heterocycles. The first-order valence-corrected chi connectivity index (χ1v) is 10.1. The van der Waals surface area contributed by atoms with Gasteiger partial charge in [0.1, 0.15) is 0 Å². The van der Waals surface area contributed by atoms with Gasteiger partial charge in [-0.3, -0.25) is 9.59 Å². The summed E-state index contributed by atoms with van der Waals surface area (Å²) in [5, 5.41) is 0.760. The zero-order chi connectivity index (χ0) is 21.1. The summed E-state index contributed by atoms with van der Waals surface area (Å²) in [5.74, 6) is -1.64. The van der Waals surface area contributed by atoms with Gasteiger partial charge in [-0.2, -0.15) is 19.0 Å². The number of hydrogen-bond donors (Lipinski definition) is 1. The number of carbonyl (C=O) groups excluding carboxylic acids is 3. The van der Waals surface area contributed by atoms with Crippen molar-refractivity contribution in [3.05, 3.63) is 29.8 Å². The van der Waals surface area contributed by atoms with Gasteiger partial charge in [-0.25, -0.2) is 4.79 Å². The van der Waals surface area contributed by atoms with Crippen LogP contribution in [0.4, 0.5) is 0 Å². The Balaban J connectivity index is 1.87. The average molecular weight is 412 g/mol. The van der Waals surface area contributed by atoms with Gasteiger partial charge in [0.15, 0.2) is 0 Å². The van der Waals surface area contributed by atoms with Crippen LogP contribution in [-0.4, -0.2) is 37.3 Å². The van der Waals surface area contributed by atoms with Crippen molar-refractivity contribution in [2.24, 2.45) is 5.41 Å². The van der Waals surface area contributed by atoms with Crippen LogP contribution in [0.25, 0.3) is 0 Å². The maximum Gasteiger partial charge on any atom is 0.332 e. The molecule has 1 aliphatic heterocycles. The van der Waals surface area contributed by atoms with E-state index in [9.17, 15) is 22.8 Å². The highest BCUT2D eigenvalue weighted by Crippen LogP contribution is 2.27. The van der Waals surface area contributed by atoms with Gasteiger partial charge >= 0.3 is 16.1 Å². The summed E-state index contributed by atoms with van der Waals surface area (Å²) in [4.78, 5) is 39.8. The van der Waals surface area contributed by atoms with E-state index in [0.29, 0.717) is 0 Å². The van der Waals surface area contributed by atoms with E-state index in [1.54, 1.807) is 32.9 Å². The van der Waals surface area contributed by atoms with Crippen molar-refractivity contribution in [2.75, 3.05) is 0 Å². The highest BCUT2D eigenvalue weighted by Gasteiger charge is 2.41. The molecule has 0 aromatic heterocycles. The number of nitrogens with zero attached hydrogens (tertiary/aromatic N) is 1. The fraction of sp³-hybridized carbons (Fsp3) is 0.500. The maximum atomic E-state index is 12.3. The summed E-state index contributed by atoms with van der Waals surface area (Å²) in [6.45, 7) is 6.81. The van der Waals surface area contributed by atoms with Crippen LogP contribution in [0.3, 0.4) is 0 Å². The second-order valence-electron chi connectivity index (χ2n) is 7.61. The van der Waals surface area contributed by atoms with Gasteiger partial charge in [0.2, 0.25) is 5.91 Å². The van der Waals surface area contributed by atoms with E-state index in [1.165, 1.54) is 12.1 Å². The quantitative estimate of drug-likeness (QED) is 0.557. The van der Waals surface area contributed by atoms with Gasteiger partial charge in [-0.05, 0) is 25.5 Å². The van der Waals surface area contributed by atoms with E-state index in [1.807, 2.05) is 6.92 Å². The third-order valence-corrected chi connectivity index (χ3v) is 5.30. The molecule has 154 valence electrons. The number of rotatable bonds is 6. The highest BCUT2D eigenvalue weighted by atomic mass is 32.2. The molecule has 0 aliphatic carbocycles. The predicted molar refractivity (Wildman–Crippen MR) is 97.6 cm³/mol. The van der Waals surface area contributed by atoms with E-state index in [-0.39, 0.29) is 24.2 Å². The van der Waals surface area contributed by atoms with E-state index in [0.717, 1.165) is 10.6 Å². The Morgan fingerprint density at radius 3 is 2.36 bits per heavy atom. The Morgan fingerprint density at radius 2 is 1.82 bits per heavy atom. The van der Waals surface area contributed by atoms with Gasteiger partial charge in [-0.1, -0.05) is 38.5 Å². The smallest absolute Gasteiger partial charge is 0.332 e. The van der Waals surface area contributed by atoms with Crippen LogP contribution in [0, 0.1) is 12.3 Å². The number of benzene rings is 1. The zero-order valence-electron chi connectivity index (χ0n) is 16.2. The maximum absolute atomic E-state index is 12.3. The van der Waals surface area contributed by atoms with Crippen LogP contribution < -0.4 is 5.48 Å². The first kappa shape index (κ1) is 21.8. The van der Waals surface area contributed by atoms with Crippen LogP contribution in [0.15, 0.2) is 29.2 Å². The number of aryl methyl sites for hydroxylation is 1. The molecule has 0 bridgehead atoms. The fourth-order valence-corrected chi connectivity index (χ4v) is 3.20. The fourth-order valence-electron chi connectivity index (χ4n) is 2.23. The van der Waals surface area contributed by atoms with Gasteiger partial charge in [-0.15, -0.1) is 4.28 Å². The largest absolute Gasteiger partial charge is 0.341 e. The van der Waals surface area contributed by atoms with Crippen molar-refractivity contribution < 1.29 is 31.9 Å². The van der Waals surface area contributed by atoms with Crippen LogP contribution in [0.1, 0.15) is 45.6 Å². The Labute approximate surface area is 164 Å². The summed E-state index contributed by atoms with van der Waals surface area (Å²) >= 11 is 0. The molecular weight excluding hydrogens is 388 g/mol. The Hall–Kier alpha value is -2.46. The zero-order valence-corrected chi connectivity index (χ0v) is 17.0. The number of hydrogen-bond acceptors (Lipinski definition) is 7. The molecule has 0 saturated carbocycles. The van der Waals surface area contributed by atoms with Crippen LogP contribution in [-0.2, 0) is 33.6 Å². The molecule has 1 aromatic carbocycles. The number of β-lactam (4-membered cyclic amide) rings is 1. The molecule has 1 aliphatic rings. The lowest BCUT2D eigenvalue weighted by Gasteiger charge is -2.37.